The first kappa shape index (κ1) is 19.7. The van der Waals surface area contributed by atoms with Gasteiger partial charge in [-0.15, -0.1) is 0 Å². The molecule has 0 saturated carbocycles. The molecule has 0 aromatic heterocycles. The Labute approximate surface area is 125 Å². The molecule has 0 saturated heterocycles. The maximum absolute atomic E-state index is 12.3. The number of Topliss-reactive ketones (excluding diaryl/α,β-unsaturated/α-hetero) is 1. The average molecular weight is 301 g/mol. The van der Waals surface area contributed by atoms with Gasteiger partial charge in [-0.25, -0.2) is 0 Å². The van der Waals surface area contributed by atoms with Gasteiger partial charge in [0.05, 0.1) is 12.6 Å². The smallest absolute Gasteiger partial charge is 0.248 e. The minimum absolute atomic E-state index is 0.104. The van der Waals surface area contributed by atoms with E-state index in [1.807, 2.05) is 0 Å². The highest BCUT2D eigenvalue weighted by Crippen LogP contribution is 2.16. The van der Waals surface area contributed by atoms with Crippen LogP contribution in [0.2, 0.25) is 0 Å². The molecular weight excluding hydrogens is 274 g/mol. The normalized spacial score (nSPS) is 15.3. The highest BCUT2D eigenvalue weighted by Gasteiger charge is 2.41. The van der Waals surface area contributed by atoms with Crippen LogP contribution in [0.3, 0.4) is 0 Å². The van der Waals surface area contributed by atoms with Crippen LogP contribution >= 0.6 is 0 Å². The van der Waals surface area contributed by atoms with Crippen molar-refractivity contribution in [3.05, 3.63) is 0 Å². The maximum atomic E-state index is 12.3. The maximum Gasteiger partial charge on any atom is 0.248 e. The lowest BCUT2D eigenvalue weighted by Gasteiger charge is -2.29. The number of ketones is 1. The molecule has 21 heavy (non-hydrogen) atoms. The highest BCUT2D eigenvalue weighted by molar-refractivity contribution is 6.10. The zero-order valence-corrected chi connectivity index (χ0v) is 12.8. The number of hydrogen-bond acceptors (Lipinski definition) is 6. The quantitative estimate of drug-likeness (QED) is 0.222. The fraction of sp³-hybridized carbons (Fsp3) is 0.786. The Bertz CT molecular complexity index is 360. The van der Waals surface area contributed by atoms with E-state index in [0.717, 1.165) is 0 Å². The van der Waals surface area contributed by atoms with Crippen molar-refractivity contribution in [2.24, 2.45) is 17.4 Å². The fourth-order valence-electron chi connectivity index (χ4n) is 1.89. The molecule has 2 atom stereocenters. The zero-order valence-electron chi connectivity index (χ0n) is 12.8. The molecule has 0 aliphatic heterocycles. The van der Waals surface area contributed by atoms with Crippen LogP contribution in [0.5, 0.6) is 0 Å². The van der Waals surface area contributed by atoms with Crippen LogP contribution in [0.4, 0.5) is 0 Å². The van der Waals surface area contributed by atoms with E-state index in [1.54, 1.807) is 13.8 Å². The topological polar surface area (TPSA) is 136 Å². The van der Waals surface area contributed by atoms with Crippen molar-refractivity contribution in [1.29, 1.82) is 0 Å². The van der Waals surface area contributed by atoms with Crippen molar-refractivity contribution >= 4 is 18.0 Å². The summed E-state index contributed by atoms with van der Waals surface area (Å²) in [6.07, 6.45) is 1.73. The molecule has 0 radical (unpaired) electrons. The number of carbonyl (C=O) groups is 3. The summed E-state index contributed by atoms with van der Waals surface area (Å²) in [5.74, 6) is -1.32. The van der Waals surface area contributed by atoms with E-state index in [0.29, 0.717) is 25.7 Å². The van der Waals surface area contributed by atoms with Gasteiger partial charge in [0.15, 0.2) is 11.3 Å². The van der Waals surface area contributed by atoms with Gasteiger partial charge in [-0.1, -0.05) is 13.8 Å². The van der Waals surface area contributed by atoms with Gasteiger partial charge in [0, 0.05) is 6.42 Å². The lowest BCUT2D eigenvalue weighted by molar-refractivity contribution is -0.138. The molecule has 0 heterocycles. The van der Waals surface area contributed by atoms with Gasteiger partial charge < -0.3 is 26.7 Å². The van der Waals surface area contributed by atoms with Gasteiger partial charge in [-0.05, 0) is 31.7 Å². The molecule has 0 aliphatic rings. The van der Waals surface area contributed by atoms with Gasteiger partial charge in [0.25, 0.3) is 0 Å². The molecule has 0 aliphatic carbocycles. The van der Waals surface area contributed by atoms with Crippen LogP contribution in [0.1, 0.15) is 39.5 Å². The van der Waals surface area contributed by atoms with Gasteiger partial charge in [0.2, 0.25) is 5.91 Å². The number of carbonyl (C=O) groups excluding carboxylic acids is 3. The number of unbranched alkanes of at least 4 members (excludes halogenated alkanes) is 1. The Morgan fingerprint density at radius 3 is 2.38 bits per heavy atom. The van der Waals surface area contributed by atoms with Crippen LogP contribution in [-0.4, -0.2) is 47.8 Å². The molecule has 0 spiro atoms. The zero-order chi connectivity index (χ0) is 16.5. The summed E-state index contributed by atoms with van der Waals surface area (Å²) in [4.78, 5) is 35.4. The number of aldehydes is 1. The summed E-state index contributed by atoms with van der Waals surface area (Å²) < 4.78 is 0. The van der Waals surface area contributed by atoms with Gasteiger partial charge >= 0.3 is 0 Å². The van der Waals surface area contributed by atoms with Crippen LogP contribution in [0.25, 0.3) is 0 Å². The Balaban J connectivity index is 5.04. The molecule has 0 fully saturated rings. The Morgan fingerprint density at radius 1 is 1.33 bits per heavy atom. The molecule has 0 unspecified atom stereocenters. The highest BCUT2D eigenvalue weighted by atomic mass is 16.3. The molecular formula is C14H27N3O4. The average Bonchev–Trinajstić information content (AvgIpc) is 2.44. The Morgan fingerprint density at radius 2 is 1.95 bits per heavy atom. The Hall–Kier alpha value is -1.31. The first-order valence-electron chi connectivity index (χ1n) is 7.22. The number of nitrogens with one attached hydrogen (secondary N) is 1. The van der Waals surface area contributed by atoms with Gasteiger partial charge in [-0.3, -0.25) is 9.59 Å². The summed E-state index contributed by atoms with van der Waals surface area (Å²) in [7, 11) is 0. The first-order valence-corrected chi connectivity index (χ1v) is 7.22. The number of rotatable bonds is 11. The number of aliphatic hydroxyl groups excluding tert-OH is 1. The van der Waals surface area contributed by atoms with Crippen molar-refractivity contribution in [3.8, 4) is 0 Å². The number of nitrogens with two attached hydrogens (primary N) is 2. The lowest BCUT2D eigenvalue weighted by atomic mass is 9.86. The number of aliphatic hydroxyl groups is 1. The van der Waals surface area contributed by atoms with E-state index in [-0.39, 0.29) is 25.4 Å². The van der Waals surface area contributed by atoms with E-state index in [2.05, 4.69) is 5.32 Å². The van der Waals surface area contributed by atoms with Crippen LogP contribution in [0, 0.1) is 5.92 Å². The molecule has 7 nitrogen and oxygen atoms in total. The lowest BCUT2D eigenvalue weighted by Crippen LogP contribution is -2.62. The van der Waals surface area contributed by atoms with Crippen LogP contribution < -0.4 is 16.8 Å². The molecule has 0 aromatic rings. The van der Waals surface area contributed by atoms with E-state index >= 15 is 0 Å². The van der Waals surface area contributed by atoms with E-state index in [4.69, 9.17) is 16.6 Å². The van der Waals surface area contributed by atoms with E-state index in [1.165, 1.54) is 0 Å². The van der Waals surface area contributed by atoms with Crippen molar-refractivity contribution < 1.29 is 19.5 Å². The third-order valence-electron chi connectivity index (χ3n) is 3.43. The van der Waals surface area contributed by atoms with Crippen LogP contribution in [-0.2, 0) is 14.4 Å². The summed E-state index contributed by atoms with van der Waals surface area (Å²) in [6.45, 7) is 3.63. The van der Waals surface area contributed by atoms with Gasteiger partial charge in [-0.2, -0.15) is 0 Å². The SMILES string of the molecule is CC(C)[C@@H](C=O)NC(=O)[C@@](N)(CCCCN)C(=O)CCO. The third kappa shape index (κ3) is 5.91. The molecule has 6 N–H and O–H groups in total. The second-order valence-corrected chi connectivity index (χ2v) is 5.49. The predicted molar refractivity (Wildman–Crippen MR) is 79.4 cm³/mol. The largest absolute Gasteiger partial charge is 0.396 e. The first-order chi connectivity index (χ1) is 9.83. The molecule has 0 rings (SSSR count). The predicted octanol–water partition coefficient (Wildman–Crippen LogP) is -0.896. The second-order valence-electron chi connectivity index (χ2n) is 5.49. The van der Waals surface area contributed by atoms with E-state index < -0.39 is 23.3 Å². The summed E-state index contributed by atoms with van der Waals surface area (Å²) in [6, 6.07) is -0.697. The molecule has 0 aromatic carbocycles. The summed E-state index contributed by atoms with van der Waals surface area (Å²) in [5, 5.41) is 11.4. The van der Waals surface area contributed by atoms with E-state index in [9.17, 15) is 14.4 Å². The monoisotopic (exact) mass is 301 g/mol. The summed E-state index contributed by atoms with van der Waals surface area (Å²) >= 11 is 0. The minimum atomic E-state index is -1.73. The van der Waals surface area contributed by atoms with Crippen molar-refractivity contribution in [1.82, 2.24) is 5.32 Å². The van der Waals surface area contributed by atoms with Crippen molar-refractivity contribution in [3.63, 3.8) is 0 Å². The minimum Gasteiger partial charge on any atom is -0.396 e. The van der Waals surface area contributed by atoms with Gasteiger partial charge in [0.1, 0.15) is 6.29 Å². The van der Waals surface area contributed by atoms with Crippen molar-refractivity contribution in [2.45, 2.75) is 51.1 Å². The second kappa shape index (κ2) is 9.59. The van der Waals surface area contributed by atoms with Crippen molar-refractivity contribution in [2.75, 3.05) is 13.2 Å². The Kier molecular flexibility index (Phi) is 9.00. The molecule has 7 heteroatoms. The fourth-order valence-corrected chi connectivity index (χ4v) is 1.89. The number of hydrogen-bond donors (Lipinski definition) is 4. The molecule has 1 amide bonds. The number of amides is 1. The van der Waals surface area contributed by atoms with Crippen LogP contribution in [0.15, 0.2) is 0 Å². The molecule has 122 valence electrons. The summed E-state index contributed by atoms with van der Waals surface area (Å²) in [5.41, 5.74) is 9.66. The standard InChI is InChI=1S/C14H27N3O4/c1-10(2)11(9-19)17-13(21)14(16,6-3-4-7-15)12(20)5-8-18/h9-11,18H,3-8,15-16H2,1-2H3,(H,17,21)/t11-,14-/m1/s1. The molecule has 0 bridgehead atoms. The third-order valence-corrected chi connectivity index (χ3v) is 3.43.